The molecule has 0 unspecified atom stereocenters. The topological polar surface area (TPSA) is 44.9 Å². The standard InChI is InChI=1S/C14H23FN4/c1-5-19(6-2)14(16)17-10-11-7-8-13(18(3)4)12(15)9-11/h7-9H,5-6,10H2,1-4H3,(H2,16,17). The van der Waals surface area contributed by atoms with E-state index in [-0.39, 0.29) is 5.82 Å². The molecule has 1 aromatic carbocycles. The van der Waals surface area contributed by atoms with Crippen LogP contribution in [0, 0.1) is 5.82 Å². The van der Waals surface area contributed by atoms with Gasteiger partial charge < -0.3 is 15.5 Å². The highest BCUT2D eigenvalue weighted by molar-refractivity contribution is 5.78. The highest BCUT2D eigenvalue weighted by Gasteiger charge is 2.06. The van der Waals surface area contributed by atoms with Gasteiger partial charge in [0.15, 0.2) is 5.96 Å². The van der Waals surface area contributed by atoms with Gasteiger partial charge >= 0.3 is 0 Å². The largest absolute Gasteiger partial charge is 0.375 e. The van der Waals surface area contributed by atoms with E-state index in [1.54, 1.807) is 11.0 Å². The molecule has 0 aromatic heterocycles. The SMILES string of the molecule is CCN(CC)C(N)=NCc1ccc(N(C)C)c(F)c1. The first-order valence-corrected chi connectivity index (χ1v) is 6.50. The van der Waals surface area contributed by atoms with Gasteiger partial charge in [-0.1, -0.05) is 6.07 Å². The predicted octanol–water partition coefficient (Wildman–Crippen LogP) is 2.05. The molecule has 0 spiro atoms. The molecular weight excluding hydrogens is 243 g/mol. The zero-order chi connectivity index (χ0) is 14.4. The molecule has 1 rings (SSSR count). The van der Waals surface area contributed by atoms with Crippen LogP contribution >= 0.6 is 0 Å². The summed E-state index contributed by atoms with van der Waals surface area (Å²) in [5, 5.41) is 0. The van der Waals surface area contributed by atoms with Crippen molar-refractivity contribution in [2.24, 2.45) is 10.7 Å². The molecule has 0 atom stereocenters. The van der Waals surface area contributed by atoms with E-state index in [0.29, 0.717) is 18.2 Å². The molecule has 1 aromatic rings. The van der Waals surface area contributed by atoms with Crippen LogP contribution < -0.4 is 10.6 Å². The molecule has 106 valence electrons. The second-order valence-electron chi connectivity index (χ2n) is 4.53. The molecule has 0 radical (unpaired) electrons. The summed E-state index contributed by atoms with van der Waals surface area (Å²) in [5.74, 6) is 0.265. The van der Waals surface area contributed by atoms with E-state index in [9.17, 15) is 4.39 Å². The van der Waals surface area contributed by atoms with E-state index in [1.165, 1.54) is 6.07 Å². The summed E-state index contributed by atoms with van der Waals surface area (Å²) in [6, 6.07) is 5.14. The summed E-state index contributed by atoms with van der Waals surface area (Å²) >= 11 is 0. The minimum atomic E-state index is -0.237. The van der Waals surface area contributed by atoms with Crippen molar-refractivity contribution in [2.45, 2.75) is 20.4 Å². The lowest BCUT2D eigenvalue weighted by Crippen LogP contribution is -2.37. The monoisotopic (exact) mass is 266 g/mol. The lowest BCUT2D eigenvalue weighted by Gasteiger charge is -2.19. The minimum absolute atomic E-state index is 0.237. The van der Waals surface area contributed by atoms with Crippen LogP contribution in [0.5, 0.6) is 0 Å². The quantitative estimate of drug-likeness (QED) is 0.655. The Balaban J connectivity index is 2.78. The highest BCUT2D eigenvalue weighted by Crippen LogP contribution is 2.18. The summed E-state index contributed by atoms with van der Waals surface area (Å²) in [5.41, 5.74) is 7.27. The molecule has 0 heterocycles. The van der Waals surface area contributed by atoms with Gasteiger partial charge in [-0.3, -0.25) is 0 Å². The Kier molecular flexibility index (Phi) is 5.60. The van der Waals surface area contributed by atoms with Crippen LogP contribution in [-0.4, -0.2) is 38.0 Å². The van der Waals surface area contributed by atoms with Crippen LogP contribution in [0.4, 0.5) is 10.1 Å². The maximum atomic E-state index is 13.8. The Morgan fingerprint density at radius 1 is 1.26 bits per heavy atom. The number of hydrogen-bond acceptors (Lipinski definition) is 2. The van der Waals surface area contributed by atoms with Crippen LogP contribution in [0.1, 0.15) is 19.4 Å². The van der Waals surface area contributed by atoms with Gasteiger partial charge in [0, 0.05) is 27.2 Å². The molecule has 0 fully saturated rings. The van der Waals surface area contributed by atoms with Crippen molar-refractivity contribution in [1.29, 1.82) is 0 Å². The van der Waals surface area contributed by atoms with Gasteiger partial charge in [-0.05, 0) is 31.5 Å². The maximum absolute atomic E-state index is 13.8. The Morgan fingerprint density at radius 2 is 1.89 bits per heavy atom. The Hall–Kier alpha value is -1.78. The first-order valence-electron chi connectivity index (χ1n) is 6.50. The summed E-state index contributed by atoms with van der Waals surface area (Å²) in [6.07, 6.45) is 0. The number of nitrogens with two attached hydrogens (primary N) is 1. The normalized spacial score (nSPS) is 11.5. The molecule has 0 aliphatic carbocycles. The van der Waals surface area contributed by atoms with E-state index in [4.69, 9.17) is 5.73 Å². The zero-order valence-electron chi connectivity index (χ0n) is 12.2. The average molecular weight is 266 g/mol. The molecule has 5 heteroatoms. The minimum Gasteiger partial charge on any atom is -0.375 e. The van der Waals surface area contributed by atoms with Crippen molar-refractivity contribution in [1.82, 2.24) is 4.90 Å². The molecule has 2 N–H and O–H groups in total. The molecule has 19 heavy (non-hydrogen) atoms. The molecule has 0 saturated heterocycles. The maximum Gasteiger partial charge on any atom is 0.191 e. The van der Waals surface area contributed by atoms with Crippen molar-refractivity contribution in [3.05, 3.63) is 29.6 Å². The molecule has 4 nitrogen and oxygen atoms in total. The fraction of sp³-hybridized carbons (Fsp3) is 0.500. The lowest BCUT2D eigenvalue weighted by molar-refractivity contribution is 0.458. The average Bonchev–Trinajstić information content (AvgIpc) is 2.37. The van der Waals surface area contributed by atoms with Crippen LogP contribution in [0.3, 0.4) is 0 Å². The van der Waals surface area contributed by atoms with Crippen molar-refractivity contribution < 1.29 is 4.39 Å². The first-order chi connectivity index (χ1) is 8.99. The van der Waals surface area contributed by atoms with Crippen molar-refractivity contribution in [3.63, 3.8) is 0 Å². The van der Waals surface area contributed by atoms with Gasteiger partial charge in [0.05, 0.1) is 12.2 Å². The molecular formula is C14H23FN4. The smallest absolute Gasteiger partial charge is 0.191 e. The van der Waals surface area contributed by atoms with Gasteiger partial charge in [0.25, 0.3) is 0 Å². The second-order valence-corrected chi connectivity index (χ2v) is 4.53. The van der Waals surface area contributed by atoms with E-state index < -0.39 is 0 Å². The number of guanidine groups is 1. The second kappa shape index (κ2) is 6.97. The zero-order valence-corrected chi connectivity index (χ0v) is 12.2. The Morgan fingerprint density at radius 3 is 2.37 bits per heavy atom. The van der Waals surface area contributed by atoms with Crippen molar-refractivity contribution in [3.8, 4) is 0 Å². The highest BCUT2D eigenvalue weighted by atomic mass is 19.1. The van der Waals surface area contributed by atoms with Gasteiger partial charge in [-0.15, -0.1) is 0 Å². The number of rotatable bonds is 5. The first kappa shape index (κ1) is 15.3. The number of halogens is 1. The molecule has 0 aliphatic heterocycles. The van der Waals surface area contributed by atoms with E-state index in [2.05, 4.69) is 4.99 Å². The van der Waals surface area contributed by atoms with E-state index in [1.807, 2.05) is 38.9 Å². The van der Waals surface area contributed by atoms with Crippen LogP contribution in [0.2, 0.25) is 0 Å². The third-order valence-electron chi connectivity index (χ3n) is 3.00. The Labute approximate surface area is 114 Å². The fourth-order valence-corrected chi connectivity index (χ4v) is 1.83. The van der Waals surface area contributed by atoms with E-state index >= 15 is 0 Å². The van der Waals surface area contributed by atoms with Crippen LogP contribution in [0.25, 0.3) is 0 Å². The number of nitrogens with zero attached hydrogens (tertiary/aromatic N) is 3. The Bertz CT molecular complexity index is 439. The van der Waals surface area contributed by atoms with Crippen molar-refractivity contribution in [2.75, 3.05) is 32.1 Å². The van der Waals surface area contributed by atoms with Crippen LogP contribution in [0.15, 0.2) is 23.2 Å². The summed E-state index contributed by atoms with van der Waals surface area (Å²) in [6.45, 7) is 6.08. The summed E-state index contributed by atoms with van der Waals surface area (Å²) in [7, 11) is 3.63. The van der Waals surface area contributed by atoms with Gasteiger partial charge in [-0.2, -0.15) is 0 Å². The third-order valence-corrected chi connectivity index (χ3v) is 3.00. The van der Waals surface area contributed by atoms with Crippen molar-refractivity contribution >= 4 is 11.6 Å². The lowest BCUT2D eigenvalue weighted by atomic mass is 10.2. The van der Waals surface area contributed by atoms with Crippen LogP contribution in [-0.2, 0) is 6.54 Å². The predicted molar refractivity (Wildman–Crippen MR) is 79.0 cm³/mol. The number of anilines is 1. The van der Waals surface area contributed by atoms with E-state index in [0.717, 1.165) is 18.7 Å². The van der Waals surface area contributed by atoms with Gasteiger partial charge in [0.2, 0.25) is 0 Å². The number of hydrogen-bond donors (Lipinski definition) is 1. The third kappa shape index (κ3) is 4.12. The van der Waals surface area contributed by atoms with Gasteiger partial charge in [0.1, 0.15) is 5.82 Å². The molecule has 0 aliphatic rings. The summed E-state index contributed by atoms with van der Waals surface area (Å²) < 4.78 is 13.8. The fourth-order valence-electron chi connectivity index (χ4n) is 1.83. The molecule has 0 bridgehead atoms. The summed E-state index contributed by atoms with van der Waals surface area (Å²) in [4.78, 5) is 8.00. The molecule has 0 amide bonds. The number of benzene rings is 1. The van der Waals surface area contributed by atoms with Gasteiger partial charge in [-0.25, -0.2) is 9.38 Å². The number of aliphatic imine (C=N–C) groups is 1. The molecule has 0 saturated carbocycles.